The van der Waals surface area contributed by atoms with Gasteiger partial charge in [0.25, 0.3) is 0 Å². The summed E-state index contributed by atoms with van der Waals surface area (Å²) in [6.45, 7) is 9.48. The Labute approximate surface area is 122 Å². The van der Waals surface area contributed by atoms with E-state index < -0.39 is 0 Å². The molecule has 1 heteroatoms. The average molecular weight is 270 g/mol. The Morgan fingerprint density at radius 1 is 1.00 bits per heavy atom. The molecule has 0 aliphatic heterocycles. The first-order chi connectivity index (χ1) is 9.30. The number of rotatable bonds is 0. The van der Waals surface area contributed by atoms with Crippen molar-refractivity contribution in [1.82, 2.24) is 0 Å². The summed E-state index contributed by atoms with van der Waals surface area (Å²) in [6, 6.07) is 0. The molecule has 0 unspecified atom stereocenters. The molecule has 1 spiro atoms. The Morgan fingerprint density at radius 2 is 1.75 bits per heavy atom. The van der Waals surface area contributed by atoms with Gasteiger partial charge in [-0.05, 0) is 30.1 Å². The van der Waals surface area contributed by atoms with Crippen molar-refractivity contribution in [2.45, 2.75) is 46.6 Å². The quantitative estimate of drug-likeness (QED) is 0.657. The van der Waals surface area contributed by atoms with Crippen LogP contribution in [0.4, 0.5) is 0 Å². The molecule has 0 heterocycles. The van der Waals surface area contributed by atoms with E-state index in [0.717, 1.165) is 6.42 Å². The number of hydrogen-bond donors (Lipinski definition) is 1. The van der Waals surface area contributed by atoms with E-state index in [1.165, 1.54) is 6.42 Å². The molecule has 1 N–H and O–H groups in total. The zero-order valence-electron chi connectivity index (χ0n) is 13.1. The van der Waals surface area contributed by atoms with E-state index in [1.807, 2.05) is 0 Å². The highest BCUT2D eigenvalue weighted by Crippen LogP contribution is 2.79. The van der Waals surface area contributed by atoms with Gasteiger partial charge in [0.1, 0.15) is 0 Å². The van der Waals surface area contributed by atoms with Gasteiger partial charge in [-0.1, -0.05) is 64.2 Å². The van der Waals surface area contributed by atoms with Crippen LogP contribution in [0.2, 0.25) is 0 Å². The second kappa shape index (κ2) is 3.32. The van der Waals surface area contributed by atoms with Crippen LogP contribution in [0.15, 0.2) is 36.5 Å². The van der Waals surface area contributed by atoms with Gasteiger partial charge in [-0.3, -0.25) is 0 Å². The molecule has 0 radical (unpaired) electrons. The highest BCUT2D eigenvalue weighted by Gasteiger charge is 2.76. The predicted molar refractivity (Wildman–Crippen MR) is 82.1 cm³/mol. The van der Waals surface area contributed by atoms with Crippen LogP contribution in [-0.2, 0) is 0 Å². The number of aliphatic hydroxyl groups excluding tert-OH is 1. The molecule has 4 aliphatic rings. The number of aliphatic hydroxyl groups is 1. The van der Waals surface area contributed by atoms with Crippen molar-refractivity contribution in [3.05, 3.63) is 36.5 Å². The zero-order chi connectivity index (χ0) is 14.4. The van der Waals surface area contributed by atoms with E-state index in [2.05, 4.69) is 64.2 Å². The molecule has 0 amide bonds. The van der Waals surface area contributed by atoms with Gasteiger partial charge in [-0.2, -0.15) is 0 Å². The fraction of sp³-hybridized carbons (Fsp3) is 0.684. The maximum Gasteiger partial charge on any atom is 0.0636 e. The minimum Gasteiger partial charge on any atom is -0.392 e. The van der Waals surface area contributed by atoms with Gasteiger partial charge in [0.05, 0.1) is 6.10 Å². The number of hydrogen-bond acceptors (Lipinski definition) is 1. The van der Waals surface area contributed by atoms with Gasteiger partial charge in [-0.25, -0.2) is 0 Å². The highest BCUT2D eigenvalue weighted by molar-refractivity contribution is 5.42. The number of fused-ring (bicyclic) bond motifs is 5. The normalized spacial score (nSPS) is 57.8. The fourth-order valence-corrected chi connectivity index (χ4v) is 6.58. The summed E-state index contributed by atoms with van der Waals surface area (Å²) in [4.78, 5) is 0. The van der Waals surface area contributed by atoms with Crippen LogP contribution in [0.5, 0.6) is 0 Å². The van der Waals surface area contributed by atoms with Crippen molar-refractivity contribution >= 4 is 0 Å². The SMILES string of the molecule is CC1(C)[C@@H]2CC[C@@](C)([C@H]2O)[C@@]12C=C[C@]1(C)C=CC=C[C@@H]12. The smallest absolute Gasteiger partial charge is 0.0636 e. The lowest BCUT2D eigenvalue weighted by atomic mass is 9.46. The van der Waals surface area contributed by atoms with Crippen LogP contribution in [0.3, 0.4) is 0 Å². The summed E-state index contributed by atoms with van der Waals surface area (Å²) >= 11 is 0. The van der Waals surface area contributed by atoms with Gasteiger partial charge in [-0.15, -0.1) is 0 Å². The summed E-state index contributed by atoms with van der Waals surface area (Å²) in [5.74, 6) is 0.929. The van der Waals surface area contributed by atoms with Crippen LogP contribution in [-0.4, -0.2) is 11.2 Å². The van der Waals surface area contributed by atoms with Crippen molar-refractivity contribution in [2.75, 3.05) is 0 Å². The number of allylic oxidation sites excluding steroid dienone is 6. The lowest BCUT2D eigenvalue weighted by molar-refractivity contribution is -0.0570. The summed E-state index contributed by atoms with van der Waals surface area (Å²) in [6.07, 6.45) is 16.2. The van der Waals surface area contributed by atoms with Gasteiger partial charge >= 0.3 is 0 Å². The minimum absolute atomic E-state index is 0.0234. The first kappa shape index (κ1) is 12.9. The minimum atomic E-state index is -0.149. The van der Waals surface area contributed by atoms with Crippen LogP contribution in [0.1, 0.15) is 40.5 Å². The Bertz CT molecular complexity index is 554. The summed E-state index contributed by atoms with van der Waals surface area (Å²) in [7, 11) is 0. The Hall–Kier alpha value is -0.820. The van der Waals surface area contributed by atoms with E-state index in [9.17, 15) is 5.11 Å². The van der Waals surface area contributed by atoms with Crippen LogP contribution >= 0.6 is 0 Å². The monoisotopic (exact) mass is 270 g/mol. The van der Waals surface area contributed by atoms with Crippen molar-refractivity contribution in [3.63, 3.8) is 0 Å². The van der Waals surface area contributed by atoms with Crippen molar-refractivity contribution < 1.29 is 5.11 Å². The molecule has 1 nitrogen and oxygen atoms in total. The van der Waals surface area contributed by atoms with Crippen LogP contribution in [0, 0.1) is 33.5 Å². The first-order valence-corrected chi connectivity index (χ1v) is 8.04. The summed E-state index contributed by atoms with van der Waals surface area (Å²) < 4.78 is 0. The van der Waals surface area contributed by atoms with Crippen molar-refractivity contribution in [1.29, 1.82) is 0 Å². The molecule has 2 fully saturated rings. The Balaban J connectivity index is 1.96. The van der Waals surface area contributed by atoms with Crippen molar-refractivity contribution in [2.24, 2.45) is 33.5 Å². The average Bonchev–Trinajstić information content (AvgIpc) is 2.90. The van der Waals surface area contributed by atoms with E-state index in [0.29, 0.717) is 11.8 Å². The predicted octanol–water partition coefficient (Wildman–Crippen LogP) is 4.11. The molecule has 6 atom stereocenters. The third-order valence-corrected chi connectivity index (χ3v) is 7.68. The van der Waals surface area contributed by atoms with Gasteiger partial charge < -0.3 is 5.11 Å². The standard InChI is InChI=1S/C19H26O/c1-16(2)13-8-10-18(4,15(13)20)19(16)12-11-17(3)9-6-5-7-14(17)19/h5-7,9,11-15,20H,8,10H2,1-4H3/t13-,14+,15+,17+,18+,19-/m1/s1. The second-order valence-corrected chi connectivity index (χ2v) is 8.52. The summed E-state index contributed by atoms with van der Waals surface area (Å²) in [5, 5.41) is 10.9. The lowest BCUT2D eigenvalue weighted by Gasteiger charge is -2.56. The molecule has 4 aliphatic carbocycles. The van der Waals surface area contributed by atoms with E-state index in [-0.39, 0.29) is 27.8 Å². The molecule has 0 saturated heterocycles. The van der Waals surface area contributed by atoms with Gasteiger partial charge in [0.15, 0.2) is 0 Å². The molecule has 108 valence electrons. The van der Waals surface area contributed by atoms with E-state index in [1.54, 1.807) is 0 Å². The molecule has 2 bridgehead atoms. The third-order valence-electron chi connectivity index (χ3n) is 7.68. The highest BCUT2D eigenvalue weighted by atomic mass is 16.3. The zero-order valence-corrected chi connectivity index (χ0v) is 13.1. The third kappa shape index (κ3) is 1.03. The van der Waals surface area contributed by atoms with Crippen molar-refractivity contribution in [3.8, 4) is 0 Å². The van der Waals surface area contributed by atoms with Gasteiger partial charge in [0.2, 0.25) is 0 Å². The first-order valence-electron chi connectivity index (χ1n) is 8.04. The van der Waals surface area contributed by atoms with Crippen LogP contribution < -0.4 is 0 Å². The Morgan fingerprint density at radius 3 is 2.40 bits per heavy atom. The van der Waals surface area contributed by atoms with Gasteiger partial charge in [0, 0.05) is 16.2 Å². The topological polar surface area (TPSA) is 20.2 Å². The maximum atomic E-state index is 10.9. The molecular weight excluding hydrogens is 244 g/mol. The largest absolute Gasteiger partial charge is 0.392 e. The molecule has 0 aromatic carbocycles. The Kier molecular flexibility index (Phi) is 2.14. The van der Waals surface area contributed by atoms with E-state index in [4.69, 9.17) is 0 Å². The molecule has 0 aromatic rings. The molecule has 20 heavy (non-hydrogen) atoms. The fourth-order valence-electron chi connectivity index (χ4n) is 6.58. The lowest BCUT2D eigenvalue weighted by Crippen LogP contribution is -2.52. The van der Waals surface area contributed by atoms with E-state index >= 15 is 0 Å². The maximum absolute atomic E-state index is 10.9. The summed E-state index contributed by atoms with van der Waals surface area (Å²) in [5.41, 5.74) is 0.404. The molecular formula is C19H26O. The molecule has 4 rings (SSSR count). The second-order valence-electron chi connectivity index (χ2n) is 8.52. The molecule has 2 saturated carbocycles. The molecule has 0 aromatic heterocycles. The van der Waals surface area contributed by atoms with Crippen LogP contribution in [0.25, 0.3) is 0 Å².